The Morgan fingerprint density at radius 2 is 2.09 bits per heavy atom. The molecule has 3 aromatic rings. The number of hydrogen-bond acceptors (Lipinski definition) is 6. The lowest BCUT2D eigenvalue weighted by molar-refractivity contribution is 0.0695. The van der Waals surface area contributed by atoms with E-state index < -0.39 is 11.8 Å². The van der Waals surface area contributed by atoms with Gasteiger partial charge in [-0.2, -0.15) is 0 Å². The molecule has 9 heteroatoms. The lowest BCUT2D eigenvalue weighted by atomic mass is 10.0. The SMILES string of the molecule is Cc1noc(C)c1-c1cc(F)c(Nc2cccc(CN3CCCOCC3)c2C(=O)O)c(Cl)c1. The Balaban J connectivity index is 1.67. The summed E-state index contributed by atoms with van der Waals surface area (Å²) in [5.41, 5.74) is 2.86. The topological polar surface area (TPSA) is 87.8 Å². The minimum Gasteiger partial charge on any atom is -0.478 e. The van der Waals surface area contributed by atoms with Gasteiger partial charge in [0.1, 0.15) is 11.6 Å². The van der Waals surface area contributed by atoms with Gasteiger partial charge in [0, 0.05) is 31.8 Å². The van der Waals surface area contributed by atoms with Crippen molar-refractivity contribution >= 4 is 28.9 Å². The molecule has 0 aliphatic carbocycles. The molecule has 2 heterocycles. The van der Waals surface area contributed by atoms with Crippen molar-refractivity contribution in [1.29, 1.82) is 0 Å². The van der Waals surface area contributed by atoms with E-state index in [4.69, 9.17) is 20.9 Å². The first-order chi connectivity index (χ1) is 15.8. The van der Waals surface area contributed by atoms with Gasteiger partial charge in [-0.15, -0.1) is 0 Å². The van der Waals surface area contributed by atoms with Crippen LogP contribution < -0.4 is 5.32 Å². The van der Waals surface area contributed by atoms with Crippen molar-refractivity contribution in [3.8, 4) is 11.1 Å². The van der Waals surface area contributed by atoms with E-state index in [1.165, 1.54) is 6.07 Å². The summed E-state index contributed by atoms with van der Waals surface area (Å²) in [6.07, 6.45) is 0.888. The van der Waals surface area contributed by atoms with E-state index in [2.05, 4.69) is 15.4 Å². The smallest absolute Gasteiger partial charge is 0.338 e. The van der Waals surface area contributed by atoms with Gasteiger partial charge >= 0.3 is 5.97 Å². The largest absolute Gasteiger partial charge is 0.478 e. The number of carboxylic acid groups (broad SMARTS) is 1. The van der Waals surface area contributed by atoms with Gasteiger partial charge in [0.25, 0.3) is 0 Å². The Labute approximate surface area is 196 Å². The van der Waals surface area contributed by atoms with Crippen LogP contribution in [0.2, 0.25) is 5.02 Å². The van der Waals surface area contributed by atoms with Crippen LogP contribution in [0.5, 0.6) is 0 Å². The van der Waals surface area contributed by atoms with Gasteiger partial charge in [0.15, 0.2) is 0 Å². The average molecular weight is 474 g/mol. The van der Waals surface area contributed by atoms with Crippen LogP contribution in [-0.2, 0) is 11.3 Å². The molecule has 2 N–H and O–H groups in total. The van der Waals surface area contributed by atoms with E-state index in [9.17, 15) is 9.90 Å². The van der Waals surface area contributed by atoms with Crippen molar-refractivity contribution in [2.45, 2.75) is 26.8 Å². The lowest BCUT2D eigenvalue weighted by Gasteiger charge is -2.22. The molecule has 33 heavy (non-hydrogen) atoms. The number of benzene rings is 2. The number of nitrogens with zero attached hydrogens (tertiary/aromatic N) is 2. The van der Waals surface area contributed by atoms with Crippen molar-refractivity contribution < 1.29 is 23.6 Å². The van der Waals surface area contributed by atoms with Crippen LogP contribution in [-0.4, -0.2) is 47.4 Å². The summed E-state index contributed by atoms with van der Waals surface area (Å²) in [7, 11) is 0. The van der Waals surface area contributed by atoms with Crippen LogP contribution in [0.3, 0.4) is 0 Å². The standard InChI is InChI=1S/C24H25ClFN3O4/c1-14-21(15(2)33-28-14)17-11-18(25)23(19(26)12-17)27-20-6-3-5-16(22(20)24(30)31)13-29-7-4-9-32-10-8-29/h3,5-6,11-12,27H,4,7-10,13H2,1-2H3,(H,30,31). The molecule has 0 radical (unpaired) electrons. The number of aromatic nitrogens is 1. The van der Waals surface area contributed by atoms with Gasteiger partial charge < -0.3 is 19.7 Å². The number of halogens is 2. The van der Waals surface area contributed by atoms with E-state index in [1.54, 1.807) is 38.1 Å². The number of carboxylic acids is 1. The predicted octanol–water partition coefficient (Wildman–Crippen LogP) is 5.42. The highest BCUT2D eigenvalue weighted by Crippen LogP contribution is 2.37. The molecular formula is C24H25ClFN3O4. The highest BCUT2D eigenvalue weighted by molar-refractivity contribution is 6.33. The summed E-state index contributed by atoms with van der Waals surface area (Å²) < 4.78 is 25.8. The molecule has 0 atom stereocenters. The number of hydrogen-bond donors (Lipinski definition) is 2. The molecule has 2 aromatic carbocycles. The summed E-state index contributed by atoms with van der Waals surface area (Å²) in [6, 6.07) is 8.08. The van der Waals surface area contributed by atoms with Crippen molar-refractivity contribution in [3.63, 3.8) is 0 Å². The normalized spacial score (nSPS) is 14.8. The molecule has 7 nitrogen and oxygen atoms in total. The highest BCUT2D eigenvalue weighted by Gasteiger charge is 2.21. The number of aryl methyl sites for hydroxylation is 2. The summed E-state index contributed by atoms with van der Waals surface area (Å²) in [6.45, 7) is 6.83. The number of carbonyl (C=O) groups is 1. The molecule has 0 spiro atoms. The Kier molecular flexibility index (Phi) is 6.97. The van der Waals surface area contributed by atoms with Gasteiger partial charge in [-0.25, -0.2) is 9.18 Å². The Bertz CT molecular complexity index is 1130. The predicted molar refractivity (Wildman–Crippen MR) is 124 cm³/mol. The summed E-state index contributed by atoms with van der Waals surface area (Å²) in [5.74, 6) is -1.14. The van der Waals surface area contributed by atoms with Crippen molar-refractivity contribution in [2.75, 3.05) is 31.6 Å². The Morgan fingerprint density at radius 1 is 1.27 bits per heavy atom. The van der Waals surface area contributed by atoms with Gasteiger partial charge in [0.05, 0.1) is 34.3 Å². The molecule has 0 bridgehead atoms. The second-order valence-electron chi connectivity index (χ2n) is 8.03. The fourth-order valence-electron chi connectivity index (χ4n) is 4.15. The summed E-state index contributed by atoms with van der Waals surface area (Å²) >= 11 is 6.43. The maximum Gasteiger partial charge on any atom is 0.338 e. The minimum absolute atomic E-state index is 0.00926. The molecule has 1 aliphatic rings. The third-order valence-corrected chi connectivity index (χ3v) is 6.00. The zero-order valence-corrected chi connectivity index (χ0v) is 19.2. The molecule has 1 fully saturated rings. The van der Waals surface area contributed by atoms with E-state index in [1.807, 2.05) is 0 Å². The minimum atomic E-state index is -1.09. The lowest BCUT2D eigenvalue weighted by Crippen LogP contribution is -2.27. The number of aromatic carboxylic acids is 1. The first kappa shape index (κ1) is 23.2. The van der Waals surface area contributed by atoms with Gasteiger partial charge in [0.2, 0.25) is 0 Å². The maximum atomic E-state index is 15.1. The molecule has 0 amide bonds. The molecule has 0 unspecified atom stereocenters. The number of rotatable bonds is 6. The third-order valence-electron chi connectivity index (χ3n) is 5.70. The van der Waals surface area contributed by atoms with Crippen LogP contribution in [0.1, 0.15) is 33.8 Å². The zero-order valence-electron chi connectivity index (χ0n) is 18.5. The van der Waals surface area contributed by atoms with Gasteiger partial charge in [-0.1, -0.05) is 28.9 Å². The monoisotopic (exact) mass is 473 g/mol. The molecule has 1 aliphatic heterocycles. The van der Waals surface area contributed by atoms with Gasteiger partial charge in [-0.05, 0) is 49.6 Å². The van der Waals surface area contributed by atoms with Gasteiger partial charge in [-0.3, -0.25) is 4.90 Å². The molecular weight excluding hydrogens is 449 g/mol. The zero-order chi connectivity index (χ0) is 23.5. The van der Waals surface area contributed by atoms with Crippen molar-refractivity contribution in [1.82, 2.24) is 10.1 Å². The van der Waals surface area contributed by atoms with E-state index >= 15 is 4.39 Å². The molecule has 1 aromatic heterocycles. The second kappa shape index (κ2) is 9.91. The number of ether oxygens (including phenoxy) is 1. The maximum absolute atomic E-state index is 15.1. The fourth-order valence-corrected chi connectivity index (χ4v) is 4.41. The second-order valence-corrected chi connectivity index (χ2v) is 8.43. The van der Waals surface area contributed by atoms with E-state index in [-0.39, 0.29) is 22.0 Å². The highest BCUT2D eigenvalue weighted by atomic mass is 35.5. The summed E-state index contributed by atoms with van der Waals surface area (Å²) in [4.78, 5) is 14.3. The van der Waals surface area contributed by atoms with Crippen LogP contribution in [0.25, 0.3) is 11.1 Å². The van der Waals surface area contributed by atoms with Crippen molar-refractivity contribution in [3.05, 3.63) is 63.8 Å². The molecule has 0 saturated carbocycles. The fraction of sp³-hybridized carbons (Fsp3) is 0.333. The van der Waals surface area contributed by atoms with Crippen LogP contribution >= 0.6 is 11.6 Å². The van der Waals surface area contributed by atoms with E-state index in [0.29, 0.717) is 47.9 Å². The quantitative estimate of drug-likeness (QED) is 0.494. The Morgan fingerprint density at radius 3 is 2.79 bits per heavy atom. The average Bonchev–Trinajstić information content (AvgIpc) is 2.94. The number of anilines is 2. The first-order valence-corrected chi connectivity index (χ1v) is 11.1. The van der Waals surface area contributed by atoms with Crippen LogP contribution in [0, 0.1) is 19.7 Å². The third kappa shape index (κ3) is 5.03. The Hall–Kier alpha value is -2.94. The molecule has 174 valence electrons. The van der Waals surface area contributed by atoms with Crippen molar-refractivity contribution in [2.24, 2.45) is 0 Å². The summed E-state index contributed by atoms with van der Waals surface area (Å²) in [5, 5.41) is 16.9. The van der Waals surface area contributed by atoms with Crippen LogP contribution in [0.4, 0.5) is 15.8 Å². The van der Waals surface area contributed by atoms with Crippen LogP contribution in [0.15, 0.2) is 34.9 Å². The first-order valence-electron chi connectivity index (χ1n) is 10.7. The molecule has 4 rings (SSSR count). The number of nitrogens with one attached hydrogen (secondary N) is 1. The van der Waals surface area contributed by atoms with E-state index in [0.717, 1.165) is 19.5 Å². The molecule has 1 saturated heterocycles.